The van der Waals surface area contributed by atoms with Crippen molar-refractivity contribution >= 4 is 27.2 Å². The van der Waals surface area contributed by atoms with Crippen LogP contribution in [0.15, 0.2) is 29.7 Å². The lowest BCUT2D eigenvalue weighted by molar-refractivity contribution is 0.0893. The molecule has 3 aromatic rings. The largest absolute Gasteiger partial charge is 0.493 e. The summed E-state index contributed by atoms with van der Waals surface area (Å²) in [4.78, 5) is 11.0. The predicted molar refractivity (Wildman–Crippen MR) is 118 cm³/mol. The number of benzene rings is 1. The van der Waals surface area contributed by atoms with Gasteiger partial charge in [-0.1, -0.05) is 0 Å². The number of anilines is 2. The highest BCUT2D eigenvalue weighted by Gasteiger charge is 2.37. The average molecular weight is 475 g/mol. The fourth-order valence-electron chi connectivity index (χ4n) is 4.84. The first-order chi connectivity index (χ1) is 15.9. The first kappa shape index (κ1) is 20.6. The van der Waals surface area contributed by atoms with E-state index in [0.29, 0.717) is 67.8 Å². The van der Waals surface area contributed by atoms with Crippen LogP contribution < -0.4 is 15.0 Å². The van der Waals surface area contributed by atoms with Gasteiger partial charge in [0.05, 0.1) is 37.7 Å². The fraction of sp³-hybridized carbons (Fsp3) is 0.429. The van der Waals surface area contributed by atoms with Crippen LogP contribution in [-0.4, -0.2) is 73.1 Å². The summed E-state index contributed by atoms with van der Waals surface area (Å²) in [6.45, 7) is 2.59. The maximum absolute atomic E-state index is 14.6. The summed E-state index contributed by atoms with van der Waals surface area (Å²) in [6, 6.07) is 2.91. The van der Waals surface area contributed by atoms with Gasteiger partial charge in [0, 0.05) is 44.2 Å². The normalized spacial score (nSPS) is 21.8. The highest BCUT2D eigenvalue weighted by Crippen LogP contribution is 2.35. The summed E-state index contributed by atoms with van der Waals surface area (Å²) in [5, 5.41) is 3.16. The molecular weight excluding hydrogens is 451 g/mol. The molecular formula is C21H23FN6O4S. The van der Waals surface area contributed by atoms with Gasteiger partial charge < -0.3 is 19.7 Å². The minimum Gasteiger partial charge on any atom is -0.493 e. The first-order valence-electron chi connectivity index (χ1n) is 10.8. The number of aromatic nitrogens is 3. The van der Waals surface area contributed by atoms with Crippen LogP contribution in [0.1, 0.15) is 11.1 Å². The number of likely N-dealkylation sites (N-methyl/N-ethyl adjacent to an activating group) is 1. The van der Waals surface area contributed by atoms with Crippen molar-refractivity contribution < 1.29 is 22.3 Å². The van der Waals surface area contributed by atoms with Crippen molar-refractivity contribution in [1.82, 2.24) is 18.7 Å². The van der Waals surface area contributed by atoms with E-state index >= 15 is 0 Å². The molecule has 33 heavy (non-hydrogen) atoms. The number of halogens is 1. The quantitative estimate of drug-likeness (QED) is 0.606. The number of imidazole rings is 1. The second kappa shape index (κ2) is 7.54. The van der Waals surface area contributed by atoms with Crippen LogP contribution in [0, 0.1) is 5.82 Å². The predicted octanol–water partition coefficient (Wildman–Crippen LogP) is 1.25. The Bertz CT molecular complexity index is 1360. The van der Waals surface area contributed by atoms with Crippen molar-refractivity contribution in [3.05, 3.63) is 41.6 Å². The Kier molecular flexibility index (Phi) is 4.71. The van der Waals surface area contributed by atoms with Crippen molar-refractivity contribution in [2.45, 2.75) is 24.0 Å². The van der Waals surface area contributed by atoms with Gasteiger partial charge in [-0.15, -0.1) is 0 Å². The molecule has 5 heterocycles. The van der Waals surface area contributed by atoms with E-state index in [1.165, 1.54) is 16.7 Å². The van der Waals surface area contributed by atoms with Crippen LogP contribution in [0.5, 0.6) is 5.75 Å². The zero-order valence-corrected chi connectivity index (χ0v) is 18.8. The average Bonchev–Trinajstić information content (AvgIpc) is 3.46. The molecule has 1 N–H and O–H groups in total. The highest BCUT2D eigenvalue weighted by atomic mass is 32.2. The van der Waals surface area contributed by atoms with Crippen LogP contribution in [-0.2, 0) is 27.7 Å². The van der Waals surface area contributed by atoms with E-state index < -0.39 is 10.0 Å². The Labute approximate surface area is 190 Å². The number of rotatable bonds is 3. The van der Waals surface area contributed by atoms with Crippen LogP contribution in [0.4, 0.5) is 16.0 Å². The summed E-state index contributed by atoms with van der Waals surface area (Å²) in [6.07, 6.45) is 3.76. The number of hydrogen-bond donors (Lipinski definition) is 1. The number of hydrogen-bond acceptors (Lipinski definition) is 8. The molecule has 12 heteroatoms. The second-order valence-electron chi connectivity index (χ2n) is 8.40. The van der Waals surface area contributed by atoms with Gasteiger partial charge in [0.2, 0.25) is 5.95 Å². The Hall–Kier alpha value is -2.96. The molecule has 0 bridgehead atoms. The number of morpholine rings is 1. The van der Waals surface area contributed by atoms with Crippen LogP contribution in [0.2, 0.25) is 0 Å². The van der Waals surface area contributed by atoms with Crippen LogP contribution >= 0.6 is 0 Å². The van der Waals surface area contributed by atoms with Crippen molar-refractivity contribution in [1.29, 1.82) is 0 Å². The van der Waals surface area contributed by atoms with Gasteiger partial charge in [-0.25, -0.2) is 22.8 Å². The monoisotopic (exact) mass is 474 g/mol. The number of ether oxygens (including phenoxy) is 2. The molecule has 3 aliphatic heterocycles. The number of sulfonamides is 1. The first-order valence-corrected chi connectivity index (χ1v) is 12.2. The fourth-order valence-corrected chi connectivity index (χ4v) is 6.13. The molecule has 10 nitrogen and oxygen atoms in total. The molecule has 0 unspecified atom stereocenters. The van der Waals surface area contributed by atoms with Gasteiger partial charge in [-0.2, -0.15) is 4.31 Å². The Morgan fingerprint density at radius 2 is 2.15 bits per heavy atom. The lowest BCUT2D eigenvalue weighted by atomic mass is 10.0. The highest BCUT2D eigenvalue weighted by molar-refractivity contribution is 7.89. The van der Waals surface area contributed by atoms with Gasteiger partial charge in [0.15, 0.2) is 5.03 Å². The third-order valence-electron chi connectivity index (χ3n) is 6.54. The zero-order chi connectivity index (χ0) is 22.7. The molecule has 0 aliphatic carbocycles. The standard InChI is InChI=1S/C21H23FN6O4S/c1-26-10-13-11-31-7-5-27(13)17-9-24-21(28-12-25-20(19(17)28)33(26,29)30)23-8-15-14-4-6-32-18(14)3-2-16(15)22/h2-3,9,12-13H,4-8,10-11H2,1H3,(H,23,24)/t13-/m0/s1. The lowest BCUT2D eigenvalue weighted by Crippen LogP contribution is -2.52. The topological polar surface area (TPSA) is 101 Å². The summed E-state index contributed by atoms with van der Waals surface area (Å²) in [7, 11) is -2.25. The molecule has 1 saturated heterocycles. The molecule has 6 rings (SSSR count). The summed E-state index contributed by atoms with van der Waals surface area (Å²) < 4.78 is 55.2. The minimum absolute atomic E-state index is 0.0180. The number of fused-ring (bicyclic) bond motifs is 3. The molecule has 2 aromatic heterocycles. The van der Waals surface area contributed by atoms with E-state index in [1.807, 2.05) is 0 Å². The maximum atomic E-state index is 14.6. The van der Waals surface area contributed by atoms with Gasteiger partial charge in [0.25, 0.3) is 10.0 Å². The van der Waals surface area contributed by atoms with E-state index in [9.17, 15) is 12.8 Å². The number of nitrogens with zero attached hydrogens (tertiary/aromatic N) is 5. The van der Waals surface area contributed by atoms with Crippen molar-refractivity contribution in [3.63, 3.8) is 0 Å². The van der Waals surface area contributed by atoms with Crippen molar-refractivity contribution in [2.75, 3.05) is 50.2 Å². The third kappa shape index (κ3) is 3.15. The Balaban J connectivity index is 1.44. The molecule has 0 amide bonds. The molecule has 0 radical (unpaired) electrons. The van der Waals surface area contributed by atoms with E-state index in [0.717, 1.165) is 5.56 Å². The van der Waals surface area contributed by atoms with E-state index in [1.54, 1.807) is 23.7 Å². The van der Waals surface area contributed by atoms with E-state index in [2.05, 4.69) is 20.2 Å². The summed E-state index contributed by atoms with van der Waals surface area (Å²) in [5.41, 5.74) is 2.51. The summed E-state index contributed by atoms with van der Waals surface area (Å²) in [5.74, 6) is 0.758. The van der Waals surface area contributed by atoms with Gasteiger partial charge in [-0.05, 0) is 12.1 Å². The Morgan fingerprint density at radius 1 is 1.27 bits per heavy atom. The van der Waals surface area contributed by atoms with Crippen LogP contribution in [0.25, 0.3) is 5.52 Å². The molecule has 1 atom stereocenters. The molecule has 0 spiro atoms. The zero-order valence-electron chi connectivity index (χ0n) is 18.0. The molecule has 1 aromatic carbocycles. The van der Waals surface area contributed by atoms with Crippen molar-refractivity contribution in [2.24, 2.45) is 0 Å². The van der Waals surface area contributed by atoms with E-state index in [-0.39, 0.29) is 23.4 Å². The molecule has 0 saturated carbocycles. The maximum Gasteiger partial charge on any atom is 0.262 e. The van der Waals surface area contributed by atoms with Gasteiger partial charge >= 0.3 is 0 Å². The molecule has 1 fully saturated rings. The van der Waals surface area contributed by atoms with E-state index in [4.69, 9.17) is 9.47 Å². The lowest BCUT2D eigenvalue weighted by Gasteiger charge is -2.40. The van der Waals surface area contributed by atoms with Gasteiger partial charge in [0.1, 0.15) is 23.4 Å². The summed E-state index contributed by atoms with van der Waals surface area (Å²) >= 11 is 0. The van der Waals surface area contributed by atoms with Crippen molar-refractivity contribution in [3.8, 4) is 5.75 Å². The SMILES string of the molecule is CN1C[C@H]2COCCN2c2cnc(NCc3c(F)ccc4c3CCO4)n3cnc(c23)S1(=O)=O. The third-order valence-corrected chi connectivity index (χ3v) is 8.29. The van der Waals surface area contributed by atoms with Crippen LogP contribution in [0.3, 0.4) is 0 Å². The smallest absolute Gasteiger partial charge is 0.262 e. The molecule has 174 valence electrons. The van der Waals surface area contributed by atoms with Gasteiger partial charge in [-0.3, -0.25) is 4.40 Å². The second-order valence-corrected chi connectivity index (χ2v) is 10.4. The number of nitrogens with one attached hydrogen (secondary N) is 1. The minimum atomic E-state index is -3.81. The molecule has 3 aliphatic rings. The Morgan fingerprint density at radius 3 is 3.03 bits per heavy atom.